The molecule has 0 saturated heterocycles. The van der Waals surface area contributed by atoms with Crippen molar-refractivity contribution in [1.82, 2.24) is 25.0 Å². The molecule has 0 aliphatic carbocycles. The predicted molar refractivity (Wildman–Crippen MR) is 136 cm³/mol. The van der Waals surface area contributed by atoms with Gasteiger partial charge in [0, 0.05) is 24.2 Å². The molecule has 8 nitrogen and oxygen atoms in total. The van der Waals surface area contributed by atoms with Gasteiger partial charge in [-0.1, -0.05) is 36.4 Å². The maximum absolute atomic E-state index is 13.1. The molecule has 2 aromatic carbocycles. The Morgan fingerprint density at radius 3 is 2.46 bits per heavy atom. The van der Waals surface area contributed by atoms with Crippen LogP contribution in [0.25, 0.3) is 5.69 Å². The summed E-state index contributed by atoms with van der Waals surface area (Å²) < 4.78 is 2.02. The van der Waals surface area contributed by atoms with Crippen LogP contribution >= 0.6 is 0 Å². The minimum Gasteiger partial charge on any atom is -0.344 e. The van der Waals surface area contributed by atoms with E-state index in [0.29, 0.717) is 19.6 Å². The fraction of sp³-hybridized carbons (Fsp3) is 0.370. The highest BCUT2D eigenvalue weighted by Gasteiger charge is 2.26. The van der Waals surface area contributed by atoms with Gasteiger partial charge < -0.3 is 10.2 Å². The van der Waals surface area contributed by atoms with Crippen LogP contribution in [0.4, 0.5) is 0 Å². The summed E-state index contributed by atoms with van der Waals surface area (Å²) in [5, 5.41) is 11.5. The molecule has 8 heteroatoms. The Bertz CT molecular complexity index is 1260. The summed E-state index contributed by atoms with van der Waals surface area (Å²) in [6, 6.07) is 15.4. The summed E-state index contributed by atoms with van der Waals surface area (Å²) in [7, 11) is 0. The molecule has 1 aliphatic rings. The van der Waals surface area contributed by atoms with Gasteiger partial charge in [-0.25, -0.2) is 0 Å². The number of hydrogen-bond donors (Lipinski definition) is 1. The number of rotatable bonds is 7. The lowest BCUT2D eigenvalue weighted by molar-refractivity contribution is -0.135. The SMILES string of the molecule is CCN(CC)C(=O)[C@H](C)NC(=O)C(C)c1ccc2c(c1)C(c1ccccc1)=NCc1nnc(C)n1-2. The van der Waals surface area contributed by atoms with Crippen molar-refractivity contribution in [2.75, 3.05) is 13.1 Å². The van der Waals surface area contributed by atoms with Crippen molar-refractivity contribution in [3.63, 3.8) is 0 Å². The van der Waals surface area contributed by atoms with Gasteiger partial charge in [-0.05, 0) is 52.3 Å². The Morgan fingerprint density at radius 1 is 1.06 bits per heavy atom. The molecule has 0 radical (unpaired) electrons. The maximum atomic E-state index is 13.1. The number of fused-ring (bicyclic) bond motifs is 3. The molecule has 0 fully saturated rings. The van der Waals surface area contributed by atoms with Crippen molar-refractivity contribution in [2.45, 2.75) is 53.1 Å². The van der Waals surface area contributed by atoms with Crippen LogP contribution in [0, 0.1) is 6.92 Å². The third-order valence-electron chi connectivity index (χ3n) is 6.53. The van der Waals surface area contributed by atoms with Gasteiger partial charge in [0.05, 0.1) is 17.3 Å². The van der Waals surface area contributed by atoms with E-state index >= 15 is 0 Å². The third kappa shape index (κ3) is 4.73. The molecule has 0 spiro atoms. The zero-order chi connectivity index (χ0) is 25.1. The topological polar surface area (TPSA) is 92.5 Å². The van der Waals surface area contributed by atoms with Crippen LogP contribution in [0.15, 0.2) is 53.5 Å². The lowest BCUT2D eigenvalue weighted by Crippen LogP contribution is -2.47. The van der Waals surface area contributed by atoms with Crippen molar-refractivity contribution in [2.24, 2.45) is 4.99 Å². The number of aliphatic imine (C=N–C) groups is 1. The molecule has 35 heavy (non-hydrogen) atoms. The smallest absolute Gasteiger partial charge is 0.244 e. The van der Waals surface area contributed by atoms with E-state index < -0.39 is 12.0 Å². The summed E-state index contributed by atoms with van der Waals surface area (Å²) >= 11 is 0. The van der Waals surface area contributed by atoms with Crippen LogP contribution < -0.4 is 5.32 Å². The second kappa shape index (κ2) is 10.2. The van der Waals surface area contributed by atoms with Crippen LogP contribution in [-0.2, 0) is 16.1 Å². The number of carbonyl (C=O) groups excluding carboxylic acids is 2. The Labute approximate surface area is 206 Å². The van der Waals surface area contributed by atoms with Crippen molar-refractivity contribution >= 4 is 17.5 Å². The average Bonchev–Trinajstić information content (AvgIpc) is 3.15. The van der Waals surface area contributed by atoms with E-state index in [1.165, 1.54) is 0 Å². The van der Waals surface area contributed by atoms with Gasteiger partial charge in [0.15, 0.2) is 5.82 Å². The van der Waals surface area contributed by atoms with E-state index in [4.69, 9.17) is 4.99 Å². The van der Waals surface area contributed by atoms with Crippen molar-refractivity contribution in [3.8, 4) is 5.69 Å². The number of likely N-dealkylation sites (N-methyl/N-ethyl adjacent to an activating group) is 1. The highest BCUT2D eigenvalue weighted by Crippen LogP contribution is 2.29. The van der Waals surface area contributed by atoms with E-state index in [2.05, 4.69) is 15.5 Å². The number of benzene rings is 2. The van der Waals surface area contributed by atoms with Crippen LogP contribution in [0.2, 0.25) is 0 Å². The molecule has 182 valence electrons. The number of hydrogen-bond acceptors (Lipinski definition) is 5. The molecule has 3 aromatic rings. The normalized spacial score (nSPS) is 14.1. The molecule has 0 bridgehead atoms. The molecule has 1 unspecified atom stereocenters. The average molecular weight is 473 g/mol. The number of amides is 2. The quantitative estimate of drug-likeness (QED) is 0.570. The minimum absolute atomic E-state index is 0.0772. The predicted octanol–water partition coefficient (Wildman–Crippen LogP) is 3.40. The van der Waals surface area contributed by atoms with E-state index in [9.17, 15) is 9.59 Å². The Morgan fingerprint density at radius 2 is 1.77 bits per heavy atom. The number of nitrogens with one attached hydrogen (secondary N) is 1. The number of aromatic nitrogens is 3. The molecule has 2 heterocycles. The Balaban J connectivity index is 1.69. The fourth-order valence-electron chi connectivity index (χ4n) is 4.47. The maximum Gasteiger partial charge on any atom is 0.244 e. The van der Waals surface area contributed by atoms with Crippen LogP contribution in [0.5, 0.6) is 0 Å². The summed E-state index contributed by atoms with van der Waals surface area (Å²) in [4.78, 5) is 32.4. The zero-order valence-corrected chi connectivity index (χ0v) is 20.9. The summed E-state index contributed by atoms with van der Waals surface area (Å²) in [5.74, 6) is 0.844. The molecule has 4 rings (SSSR count). The molecule has 1 aliphatic heterocycles. The molecule has 1 N–H and O–H groups in total. The number of aryl methyl sites for hydroxylation is 1. The highest BCUT2D eigenvalue weighted by atomic mass is 16.2. The van der Waals surface area contributed by atoms with E-state index in [0.717, 1.165) is 39.7 Å². The molecule has 1 aromatic heterocycles. The van der Waals surface area contributed by atoms with Crippen molar-refractivity contribution in [3.05, 3.63) is 76.9 Å². The first-order valence-electron chi connectivity index (χ1n) is 12.1. The fourth-order valence-corrected chi connectivity index (χ4v) is 4.47. The van der Waals surface area contributed by atoms with E-state index in [1.54, 1.807) is 11.8 Å². The molecule has 2 amide bonds. The van der Waals surface area contributed by atoms with Crippen LogP contribution in [-0.4, -0.2) is 56.3 Å². The first-order valence-corrected chi connectivity index (χ1v) is 12.1. The summed E-state index contributed by atoms with van der Waals surface area (Å²) in [6.45, 7) is 11.0. The van der Waals surface area contributed by atoms with Crippen LogP contribution in [0.1, 0.15) is 62.0 Å². The Kier molecular flexibility index (Phi) is 7.10. The second-order valence-electron chi connectivity index (χ2n) is 8.77. The zero-order valence-electron chi connectivity index (χ0n) is 20.9. The van der Waals surface area contributed by atoms with Gasteiger partial charge in [0.2, 0.25) is 11.8 Å². The lowest BCUT2D eigenvalue weighted by Gasteiger charge is -2.24. The van der Waals surface area contributed by atoms with Gasteiger partial charge in [-0.15, -0.1) is 10.2 Å². The van der Waals surface area contributed by atoms with Gasteiger partial charge in [0.25, 0.3) is 0 Å². The molecule has 2 atom stereocenters. The second-order valence-corrected chi connectivity index (χ2v) is 8.77. The highest BCUT2D eigenvalue weighted by molar-refractivity contribution is 6.15. The van der Waals surface area contributed by atoms with Crippen LogP contribution in [0.3, 0.4) is 0 Å². The number of nitrogens with zero attached hydrogens (tertiary/aromatic N) is 5. The monoisotopic (exact) mass is 472 g/mol. The first kappa shape index (κ1) is 24.3. The van der Waals surface area contributed by atoms with Crippen molar-refractivity contribution < 1.29 is 9.59 Å². The van der Waals surface area contributed by atoms with E-state index in [1.807, 2.05) is 80.8 Å². The van der Waals surface area contributed by atoms with E-state index in [-0.39, 0.29) is 11.8 Å². The standard InChI is InChI=1S/C27H32N6O2/c1-6-32(7-2)27(35)18(4)29-26(34)17(3)21-13-14-23-22(15-21)25(20-11-9-8-10-12-20)28-16-24-31-30-19(5)33(23)24/h8-15,17-18H,6-7,16H2,1-5H3,(H,29,34)/t17?,18-/m0/s1. The summed E-state index contributed by atoms with van der Waals surface area (Å²) in [5.41, 5.74) is 4.55. The van der Waals surface area contributed by atoms with Gasteiger partial charge in [-0.2, -0.15) is 0 Å². The molecular weight excluding hydrogens is 440 g/mol. The first-order chi connectivity index (χ1) is 16.8. The summed E-state index contributed by atoms with van der Waals surface area (Å²) in [6.07, 6.45) is 0. The largest absolute Gasteiger partial charge is 0.344 e. The van der Waals surface area contributed by atoms with Gasteiger partial charge in [-0.3, -0.25) is 19.1 Å². The molecular formula is C27H32N6O2. The van der Waals surface area contributed by atoms with Gasteiger partial charge >= 0.3 is 0 Å². The Hall–Kier alpha value is -3.81. The lowest BCUT2D eigenvalue weighted by atomic mass is 9.93. The van der Waals surface area contributed by atoms with Crippen molar-refractivity contribution in [1.29, 1.82) is 0 Å². The third-order valence-corrected chi connectivity index (χ3v) is 6.53. The minimum atomic E-state index is -0.589. The molecule has 0 saturated carbocycles. The van der Waals surface area contributed by atoms with Gasteiger partial charge in [0.1, 0.15) is 18.4 Å². The number of carbonyl (C=O) groups is 2.